The van der Waals surface area contributed by atoms with Gasteiger partial charge in [-0.2, -0.15) is 0 Å². The monoisotopic (exact) mass is 322 g/mol. The first kappa shape index (κ1) is 15.5. The minimum Gasteiger partial charge on any atom is -0.356 e. The molecule has 3 N–H and O–H groups in total. The summed E-state index contributed by atoms with van der Waals surface area (Å²) in [6.07, 6.45) is 5.48. The van der Waals surface area contributed by atoms with Crippen LogP contribution in [0.1, 0.15) is 31.2 Å². The van der Waals surface area contributed by atoms with Crippen LogP contribution in [0.3, 0.4) is 0 Å². The van der Waals surface area contributed by atoms with Crippen LogP contribution in [0.2, 0.25) is 0 Å². The third kappa shape index (κ3) is 3.33. The lowest BCUT2D eigenvalue weighted by Crippen LogP contribution is -2.34. The highest BCUT2D eigenvalue weighted by Crippen LogP contribution is 2.48. The molecule has 1 amide bonds. The van der Waals surface area contributed by atoms with Crippen molar-refractivity contribution >= 4 is 15.9 Å². The highest BCUT2D eigenvalue weighted by atomic mass is 32.2. The average Bonchev–Trinajstić information content (AvgIpc) is 3.09. The number of sulfonamides is 1. The van der Waals surface area contributed by atoms with E-state index < -0.39 is 10.0 Å². The van der Waals surface area contributed by atoms with Crippen LogP contribution in [0.15, 0.2) is 29.2 Å². The summed E-state index contributed by atoms with van der Waals surface area (Å²) in [7, 11) is -3.64. The maximum Gasteiger partial charge on any atom is 0.238 e. The number of rotatable bonds is 5. The Morgan fingerprint density at radius 1 is 1.18 bits per heavy atom. The lowest BCUT2D eigenvalue weighted by molar-refractivity contribution is -0.126. The van der Waals surface area contributed by atoms with Crippen LogP contribution in [0.5, 0.6) is 0 Å². The molecule has 2 bridgehead atoms. The van der Waals surface area contributed by atoms with E-state index in [4.69, 9.17) is 5.14 Å². The molecule has 2 saturated carbocycles. The molecule has 2 aliphatic carbocycles. The molecule has 22 heavy (non-hydrogen) atoms. The molecule has 1 aromatic carbocycles. The van der Waals surface area contributed by atoms with Gasteiger partial charge in [0.1, 0.15) is 0 Å². The van der Waals surface area contributed by atoms with Crippen molar-refractivity contribution in [2.75, 3.05) is 6.54 Å². The van der Waals surface area contributed by atoms with Crippen molar-refractivity contribution in [2.24, 2.45) is 22.9 Å². The maximum absolute atomic E-state index is 12.2. The molecule has 5 nitrogen and oxygen atoms in total. The SMILES string of the molecule is NS(=O)(=O)c1ccc(CCNC(=O)C2CC3CCC2C3)cc1. The first-order valence-electron chi connectivity index (χ1n) is 7.83. The molecule has 0 aromatic heterocycles. The minimum absolute atomic E-state index is 0.113. The summed E-state index contributed by atoms with van der Waals surface area (Å²) in [5, 5.41) is 8.08. The second kappa shape index (κ2) is 6.01. The van der Waals surface area contributed by atoms with Crippen molar-refractivity contribution in [3.05, 3.63) is 29.8 Å². The molecule has 120 valence electrons. The number of fused-ring (bicyclic) bond motifs is 2. The molecule has 2 aliphatic rings. The van der Waals surface area contributed by atoms with Gasteiger partial charge in [0.25, 0.3) is 0 Å². The van der Waals surface area contributed by atoms with Crippen molar-refractivity contribution in [2.45, 2.75) is 37.0 Å². The molecule has 3 atom stereocenters. The third-order valence-corrected chi connectivity index (χ3v) is 5.97. The maximum atomic E-state index is 12.2. The third-order valence-electron chi connectivity index (χ3n) is 5.04. The fourth-order valence-electron chi connectivity index (χ4n) is 3.87. The molecule has 0 radical (unpaired) electrons. The molecule has 3 rings (SSSR count). The smallest absolute Gasteiger partial charge is 0.238 e. The zero-order valence-corrected chi connectivity index (χ0v) is 13.3. The van der Waals surface area contributed by atoms with E-state index >= 15 is 0 Å². The van der Waals surface area contributed by atoms with Crippen LogP contribution >= 0.6 is 0 Å². The fourth-order valence-corrected chi connectivity index (χ4v) is 4.39. The van der Waals surface area contributed by atoms with Gasteiger partial charge in [-0.1, -0.05) is 18.6 Å². The van der Waals surface area contributed by atoms with Crippen LogP contribution in [-0.4, -0.2) is 20.9 Å². The largest absolute Gasteiger partial charge is 0.356 e. The van der Waals surface area contributed by atoms with Gasteiger partial charge in [0.05, 0.1) is 4.90 Å². The Morgan fingerprint density at radius 3 is 2.45 bits per heavy atom. The Labute approximate surface area is 131 Å². The second-order valence-corrected chi connectivity index (χ2v) is 8.07. The van der Waals surface area contributed by atoms with Crippen LogP contribution in [-0.2, 0) is 21.2 Å². The number of nitrogens with two attached hydrogens (primary N) is 1. The van der Waals surface area contributed by atoms with Gasteiger partial charge >= 0.3 is 0 Å². The fraction of sp³-hybridized carbons (Fsp3) is 0.562. The number of benzene rings is 1. The van der Waals surface area contributed by atoms with Gasteiger partial charge in [-0.3, -0.25) is 4.79 Å². The van der Waals surface area contributed by atoms with E-state index in [0.717, 1.165) is 17.9 Å². The standard InChI is InChI=1S/C16H22N2O3S/c17-22(20,21)14-5-2-11(3-6-14)7-8-18-16(19)15-10-12-1-4-13(15)9-12/h2-3,5-6,12-13,15H,1,4,7-10H2,(H,18,19)(H2,17,20,21). The zero-order chi connectivity index (χ0) is 15.7. The molecular formula is C16H22N2O3S. The van der Waals surface area contributed by atoms with Crippen molar-refractivity contribution in [3.63, 3.8) is 0 Å². The molecule has 0 spiro atoms. The van der Waals surface area contributed by atoms with Crippen molar-refractivity contribution in [3.8, 4) is 0 Å². The van der Waals surface area contributed by atoms with Crippen LogP contribution in [0.4, 0.5) is 0 Å². The molecule has 1 aromatic rings. The van der Waals surface area contributed by atoms with E-state index in [9.17, 15) is 13.2 Å². The number of hydrogen-bond donors (Lipinski definition) is 2. The number of carbonyl (C=O) groups excluding carboxylic acids is 1. The Balaban J connectivity index is 1.48. The second-order valence-electron chi connectivity index (χ2n) is 6.51. The van der Waals surface area contributed by atoms with Crippen molar-refractivity contribution in [1.82, 2.24) is 5.32 Å². The molecule has 2 fully saturated rings. The topological polar surface area (TPSA) is 89.3 Å². The quantitative estimate of drug-likeness (QED) is 0.859. The van der Waals surface area contributed by atoms with Gasteiger partial charge in [0.15, 0.2) is 0 Å². The van der Waals surface area contributed by atoms with Crippen molar-refractivity contribution in [1.29, 1.82) is 0 Å². The van der Waals surface area contributed by atoms with E-state index in [2.05, 4.69) is 5.32 Å². The van der Waals surface area contributed by atoms with Gasteiger partial charge in [-0.25, -0.2) is 13.6 Å². The van der Waals surface area contributed by atoms with Gasteiger partial charge in [0.2, 0.25) is 15.9 Å². The van der Waals surface area contributed by atoms with Gasteiger partial charge < -0.3 is 5.32 Å². The van der Waals surface area contributed by atoms with Gasteiger partial charge in [-0.05, 0) is 55.2 Å². The Hall–Kier alpha value is -1.40. The number of nitrogens with one attached hydrogen (secondary N) is 1. The highest BCUT2D eigenvalue weighted by molar-refractivity contribution is 7.89. The molecule has 3 unspecified atom stereocenters. The summed E-state index contributed by atoms with van der Waals surface area (Å²) in [5.41, 5.74) is 0.987. The lowest BCUT2D eigenvalue weighted by Gasteiger charge is -2.20. The Morgan fingerprint density at radius 2 is 1.91 bits per heavy atom. The van der Waals surface area contributed by atoms with Gasteiger partial charge in [0, 0.05) is 12.5 Å². The van der Waals surface area contributed by atoms with Crippen molar-refractivity contribution < 1.29 is 13.2 Å². The Kier molecular flexibility index (Phi) is 4.23. The Bertz CT molecular complexity index is 654. The molecule has 0 heterocycles. The lowest BCUT2D eigenvalue weighted by atomic mass is 9.88. The molecule has 0 aliphatic heterocycles. The molecule has 6 heteroatoms. The predicted octanol–water partition coefficient (Wildman–Crippen LogP) is 1.43. The van der Waals surface area contributed by atoms with E-state index in [1.807, 2.05) is 0 Å². The van der Waals surface area contributed by atoms with E-state index in [-0.39, 0.29) is 16.7 Å². The van der Waals surface area contributed by atoms with E-state index in [0.29, 0.717) is 18.9 Å². The first-order valence-corrected chi connectivity index (χ1v) is 9.37. The summed E-state index contributed by atoms with van der Waals surface area (Å²) < 4.78 is 22.4. The summed E-state index contributed by atoms with van der Waals surface area (Å²) in [6, 6.07) is 6.48. The summed E-state index contributed by atoms with van der Waals surface area (Å²) in [5.74, 6) is 1.77. The summed E-state index contributed by atoms with van der Waals surface area (Å²) >= 11 is 0. The van der Waals surface area contributed by atoms with Crippen LogP contribution in [0, 0.1) is 17.8 Å². The normalized spacial score (nSPS) is 27.0. The number of primary sulfonamides is 1. The summed E-state index contributed by atoms with van der Waals surface area (Å²) in [4.78, 5) is 12.3. The average molecular weight is 322 g/mol. The number of amides is 1. The summed E-state index contributed by atoms with van der Waals surface area (Å²) in [6.45, 7) is 0.585. The number of hydrogen-bond acceptors (Lipinski definition) is 3. The highest BCUT2D eigenvalue weighted by Gasteiger charge is 2.42. The van der Waals surface area contributed by atoms with E-state index in [1.165, 1.54) is 31.4 Å². The molecule has 0 saturated heterocycles. The minimum atomic E-state index is -3.64. The molecular weight excluding hydrogens is 300 g/mol. The van der Waals surface area contributed by atoms with E-state index in [1.54, 1.807) is 12.1 Å². The van der Waals surface area contributed by atoms with Gasteiger partial charge in [-0.15, -0.1) is 0 Å². The zero-order valence-electron chi connectivity index (χ0n) is 12.5. The van der Waals surface area contributed by atoms with Crippen LogP contribution < -0.4 is 10.5 Å². The number of carbonyl (C=O) groups is 1. The first-order chi connectivity index (χ1) is 10.4. The van der Waals surface area contributed by atoms with Crippen LogP contribution in [0.25, 0.3) is 0 Å². The predicted molar refractivity (Wildman–Crippen MR) is 83.5 cm³/mol.